The molecule has 0 aliphatic rings. The van der Waals surface area contributed by atoms with Crippen LogP contribution in [0.25, 0.3) is 0 Å². The zero-order valence-electron chi connectivity index (χ0n) is 7.42. The highest BCUT2D eigenvalue weighted by atomic mass is 19.4. The first-order chi connectivity index (χ1) is 6.58. The van der Waals surface area contributed by atoms with E-state index in [4.69, 9.17) is 4.74 Å². The summed E-state index contributed by atoms with van der Waals surface area (Å²) >= 11 is 0. The van der Waals surface area contributed by atoms with Gasteiger partial charge in [-0.25, -0.2) is 0 Å². The number of hydrogen-bond donors (Lipinski definition) is 0. The van der Waals surface area contributed by atoms with E-state index in [9.17, 15) is 13.2 Å². The first kappa shape index (κ1) is 10.8. The maximum Gasteiger partial charge on any atom is 0.389 e. The molecule has 0 aromatic carbocycles. The van der Waals surface area contributed by atoms with Gasteiger partial charge in [-0.15, -0.1) is 0 Å². The lowest BCUT2D eigenvalue weighted by Gasteiger charge is -2.07. The summed E-state index contributed by atoms with van der Waals surface area (Å²) in [6.07, 6.45) is -1.90. The summed E-state index contributed by atoms with van der Waals surface area (Å²) in [7, 11) is 0. The van der Waals surface area contributed by atoms with Crippen molar-refractivity contribution in [2.45, 2.75) is 19.0 Å². The fourth-order valence-corrected chi connectivity index (χ4v) is 0.895. The Balaban J connectivity index is 2.17. The van der Waals surface area contributed by atoms with Gasteiger partial charge >= 0.3 is 6.18 Å². The summed E-state index contributed by atoms with van der Waals surface area (Å²) in [4.78, 5) is 3.76. The van der Waals surface area contributed by atoms with E-state index in [1.807, 2.05) is 0 Å². The van der Waals surface area contributed by atoms with Crippen LogP contribution in [0.3, 0.4) is 0 Å². The van der Waals surface area contributed by atoms with Crippen LogP contribution in [0.2, 0.25) is 0 Å². The highest BCUT2D eigenvalue weighted by Crippen LogP contribution is 2.21. The van der Waals surface area contributed by atoms with Crippen molar-refractivity contribution < 1.29 is 17.9 Å². The average molecular weight is 205 g/mol. The van der Waals surface area contributed by atoms with Gasteiger partial charge in [0, 0.05) is 12.6 Å². The van der Waals surface area contributed by atoms with Gasteiger partial charge in [-0.2, -0.15) is 13.2 Å². The van der Waals surface area contributed by atoms with Crippen LogP contribution in [0.4, 0.5) is 13.2 Å². The molecule has 0 saturated carbocycles. The van der Waals surface area contributed by atoms with Gasteiger partial charge in [0.15, 0.2) is 0 Å². The first-order valence-corrected chi connectivity index (χ1v) is 4.17. The fraction of sp³-hybridized carbons (Fsp3) is 0.444. The molecule has 1 heterocycles. The number of hydrogen-bond acceptors (Lipinski definition) is 2. The standard InChI is InChI=1S/C9H10F3NO/c10-9(11,12)4-2-6-14-8-3-1-5-13-7-8/h1,3,5,7H,2,4,6H2. The molecule has 0 bridgehead atoms. The molecule has 0 aliphatic heterocycles. The molecule has 14 heavy (non-hydrogen) atoms. The number of alkyl halides is 3. The summed E-state index contributed by atoms with van der Waals surface area (Å²) in [5.41, 5.74) is 0. The predicted molar refractivity (Wildman–Crippen MR) is 45.0 cm³/mol. The van der Waals surface area contributed by atoms with E-state index in [0.717, 1.165) is 0 Å². The molecule has 0 spiro atoms. The Kier molecular flexibility index (Phi) is 3.73. The quantitative estimate of drug-likeness (QED) is 0.705. The van der Waals surface area contributed by atoms with Crippen LogP contribution < -0.4 is 4.74 Å². The van der Waals surface area contributed by atoms with Gasteiger partial charge in [-0.3, -0.25) is 4.98 Å². The van der Waals surface area contributed by atoms with Gasteiger partial charge in [0.1, 0.15) is 5.75 Å². The van der Waals surface area contributed by atoms with Crippen LogP contribution in [-0.4, -0.2) is 17.8 Å². The monoisotopic (exact) mass is 205 g/mol. The van der Waals surface area contributed by atoms with Crippen LogP contribution in [0.1, 0.15) is 12.8 Å². The van der Waals surface area contributed by atoms with Gasteiger partial charge in [0.25, 0.3) is 0 Å². The zero-order chi connectivity index (χ0) is 10.4. The Morgan fingerprint density at radius 1 is 1.36 bits per heavy atom. The molecule has 1 aromatic heterocycles. The summed E-state index contributed by atoms with van der Waals surface area (Å²) in [6, 6.07) is 3.32. The van der Waals surface area contributed by atoms with Crippen molar-refractivity contribution >= 4 is 0 Å². The zero-order valence-corrected chi connectivity index (χ0v) is 7.42. The third-order valence-electron chi connectivity index (χ3n) is 1.51. The van der Waals surface area contributed by atoms with Crippen LogP contribution in [0.5, 0.6) is 5.75 Å². The topological polar surface area (TPSA) is 22.1 Å². The molecule has 0 amide bonds. The second-order valence-electron chi connectivity index (χ2n) is 2.76. The lowest BCUT2D eigenvalue weighted by Crippen LogP contribution is -2.09. The number of rotatable bonds is 4. The minimum atomic E-state index is -4.10. The SMILES string of the molecule is FC(F)(F)CCCOc1cccnc1. The minimum absolute atomic E-state index is 0.0294. The Hall–Kier alpha value is -1.26. The van der Waals surface area contributed by atoms with E-state index in [0.29, 0.717) is 5.75 Å². The molecule has 5 heteroatoms. The van der Waals surface area contributed by atoms with Crippen LogP contribution in [0.15, 0.2) is 24.5 Å². The van der Waals surface area contributed by atoms with Gasteiger partial charge in [-0.1, -0.05) is 0 Å². The largest absolute Gasteiger partial charge is 0.492 e. The second kappa shape index (κ2) is 4.83. The third-order valence-corrected chi connectivity index (χ3v) is 1.51. The maximum atomic E-state index is 11.7. The van der Waals surface area contributed by atoms with Gasteiger partial charge in [0.2, 0.25) is 0 Å². The number of aromatic nitrogens is 1. The number of ether oxygens (including phenoxy) is 1. The van der Waals surface area contributed by atoms with Crippen molar-refractivity contribution in [1.82, 2.24) is 4.98 Å². The van der Waals surface area contributed by atoms with Crippen molar-refractivity contribution in [3.8, 4) is 5.75 Å². The van der Waals surface area contributed by atoms with E-state index in [2.05, 4.69) is 4.98 Å². The summed E-state index contributed by atoms with van der Waals surface area (Å²) in [5.74, 6) is 0.495. The smallest absolute Gasteiger partial charge is 0.389 e. The molecule has 0 atom stereocenters. The van der Waals surface area contributed by atoms with E-state index in [1.54, 1.807) is 18.3 Å². The molecular formula is C9H10F3NO. The second-order valence-corrected chi connectivity index (χ2v) is 2.76. The minimum Gasteiger partial charge on any atom is -0.492 e. The summed E-state index contributed by atoms with van der Waals surface area (Å²) in [5, 5.41) is 0. The van der Waals surface area contributed by atoms with Crippen LogP contribution in [-0.2, 0) is 0 Å². The maximum absolute atomic E-state index is 11.7. The number of nitrogens with zero attached hydrogens (tertiary/aromatic N) is 1. The third kappa shape index (κ3) is 4.69. The lowest BCUT2D eigenvalue weighted by molar-refractivity contribution is -0.136. The molecule has 2 nitrogen and oxygen atoms in total. The normalized spacial score (nSPS) is 11.4. The van der Waals surface area contributed by atoms with E-state index in [-0.39, 0.29) is 13.0 Å². The molecule has 0 aliphatic carbocycles. The molecule has 78 valence electrons. The van der Waals surface area contributed by atoms with Gasteiger partial charge < -0.3 is 4.74 Å². The number of halogens is 3. The van der Waals surface area contributed by atoms with Crippen molar-refractivity contribution in [2.75, 3.05) is 6.61 Å². The number of pyridine rings is 1. The molecule has 0 saturated heterocycles. The molecule has 1 aromatic rings. The molecule has 1 rings (SSSR count). The van der Waals surface area contributed by atoms with E-state index >= 15 is 0 Å². The first-order valence-electron chi connectivity index (χ1n) is 4.17. The van der Waals surface area contributed by atoms with Crippen LogP contribution in [0, 0.1) is 0 Å². The van der Waals surface area contributed by atoms with E-state index in [1.165, 1.54) is 6.20 Å². The van der Waals surface area contributed by atoms with Gasteiger partial charge in [-0.05, 0) is 18.6 Å². The van der Waals surface area contributed by atoms with Crippen molar-refractivity contribution in [3.05, 3.63) is 24.5 Å². The van der Waals surface area contributed by atoms with Crippen molar-refractivity contribution in [1.29, 1.82) is 0 Å². The van der Waals surface area contributed by atoms with E-state index < -0.39 is 12.6 Å². The lowest BCUT2D eigenvalue weighted by atomic mass is 10.3. The molecular weight excluding hydrogens is 195 g/mol. The summed E-state index contributed by atoms with van der Waals surface area (Å²) < 4.78 is 40.2. The molecule has 0 N–H and O–H groups in total. The Morgan fingerprint density at radius 3 is 2.71 bits per heavy atom. The Bertz CT molecular complexity index is 261. The molecule has 0 radical (unpaired) electrons. The van der Waals surface area contributed by atoms with Crippen LogP contribution >= 0.6 is 0 Å². The summed E-state index contributed by atoms with van der Waals surface area (Å²) in [6.45, 7) is 0.0607. The van der Waals surface area contributed by atoms with Crippen molar-refractivity contribution in [3.63, 3.8) is 0 Å². The highest BCUT2D eigenvalue weighted by Gasteiger charge is 2.25. The predicted octanol–water partition coefficient (Wildman–Crippen LogP) is 2.80. The molecule has 0 unspecified atom stereocenters. The molecule has 0 fully saturated rings. The average Bonchev–Trinajstić information content (AvgIpc) is 2.13. The Morgan fingerprint density at radius 2 is 2.14 bits per heavy atom. The Labute approximate surface area is 79.7 Å². The van der Waals surface area contributed by atoms with Crippen molar-refractivity contribution in [2.24, 2.45) is 0 Å². The van der Waals surface area contributed by atoms with Gasteiger partial charge in [0.05, 0.1) is 12.8 Å². The highest BCUT2D eigenvalue weighted by molar-refractivity contribution is 5.15. The fourth-order valence-electron chi connectivity index (χ4n) is 0.895.